The Hall–Kier alpha value is -1.58. The van der Waals surface area contributed by atoms with E-state index in [-0.39, 0.29) is 6.04 Å². The van der Waals surface area contributed by atoms with Crippen LogP contribution in [0.3, 0.4) is 0 Å². The third-order valence-corrected chi connectivity index (χ3v) is 4.50. The average molecular weight is 270 g/mol. The van der Waals surface area contributed by atoms with Crippen molar-refractivity contribution in [1.29, 1.82) is 0 Å². The number of aromatic hydroxyl groups is 1. The number of phenolic OH excluding ortho intramolecular Hbond substituents is 1. The van der Waals surface area contributed by atoms with E-state index >= 15 is 0 Å². The molecule has 3 rings (SSSR count). The summed E-state index contributed by atoms with van der Waals surface area (Å²) in [5, 5.41) is 12.6. The Morgan fingerprint density at radius 2 is 1.85 bits per heavy atom. The molecule has 0 saturated carbocycles. The van der Waals surface area contributed by atoms with E-state index in [0.29, 0.717) is 11.8 Å². The first-order valence-electron chi connectivity index (χ1n) is 7.37. The fourth-order valence-electron chi connectivity index (χ4n) is 3.11. The maximum atomic E-state index is 10.6. The molecule has 1 aliphatic heterocycles. The zero-order valence-corrected chi connectivity index (χ0v) is 11.9. The van der Waals surface area contributed by atoms with Gasteiger partial charge in [-0.05, 0) is 25.2 Å². The molecule has 2 aromatic carbocycles. The molecule has 0 spiro atoms. The van der Waals surface area contributed by atoms with Gasteiger partial charge in [0.1, 0.15) is 5.75 Å². The fraction of sp³-hybridized carbons (Fsp3) is 0.412. The topological polar surface area (TPSA) is 49.5 Å². The lowest BCUT2D eigenvalue weighted by Gasteiger charge is -2.35. The van der Waals surface area contributed by atoms with Crippen LogP contribution in [0.5, 0.6) is 5.75 Å². The summed E-state index contributed by atoms with van der Waals surface area (Å²) in [7, 11) is 0. The predicted molar refractivity (Wildman–Crippen MR) is 82.8 cm³/mol. The summed E-state index contributed by atoms with van der Waals surface area (Å²) in [6.45, 7) is 4.18. The average Bonchev–Trinajstić information content (AvgIpc) is 2.48. The normalized spacial score (nSPS) is 19.3. The van der Waals surface area contributed by atoms with Gasteiger partial charge in [0.2, 0.25) is 0 Å². The van der Waals surface area contributed by atoms with Crippen molar-refractivity contribution in [3.05, 3.63) is 42.0 Å². The lowest BCUT2D eigenvalue weighted by molar-refractivity contribution is 0.161. The number of benzene rings is 2. The first-order chi connectivity index (χ1) is 9.66. The summed E-state index contributed by atoms with van der Waals surface area (Å²) < 4.78 is 0. The van der Waals surface area contributed by atoms with E-state index in [0.717, 1.165) is 42.3 Å². The molecule has 1 atom stereocenters. The third-order valence-electron chi connectivity index (χ3n) is 4.50. The number of phenols is 1. The number of rotatable bonds is 2. The molecular weight excluding hydrogens is 248 g/mol. The fourth-order valence-corrected chi connectivity index (χ4v) is 3.11. The second kappa shape index (κ2) is 5.43. The van der Waals surface area contributed by atoms with Gasteiger partial charge >= 0.3 is 0 Å². The van der Waals surface area contributed by atoms with Gasteiger partial charge in [0.05, 0.1) is 0 Å². The van der Waals surface area contributed by atoms with Crippen molar-refractivity contribution >= 4 is 10.8 Å². The molecule has 0 bridgehead atoms. The Bertz CT molecular complexity index is 603. The number of hydrogen-bond acceptors (Lipinski definition) is 3. The lowest BCUT2D eigenvalue weighted by atomic mass is 9.97. The molecule has 1 aliphatic rings. The molecule has 3 N–H and O–H groups in total. The minimum Gasteiger partial charge on any atom is -0.507 e. The van der Waals surface area contributed by atoms with Crippen molar-refractivity contribution in [2.24, 2.45) is 5.73 Å². The minimum absolute atomic E-state index is 0.229. The summed E-state index contributed by atoms with van der Waals surface area (Å²) in [4.78, 5) is 2.41. The number of piperidine rings is 1. The molecule has 3 heteroatoms. The van der Waals surface area contributed by atoms with Gasteiger partial charge in [-0.2, -0.15) is 0 Å². The van der Waals surface area contributed by atoms with E-state index in [1.807, 2.05) is 24.3 Å². The molecule has 0 aromatic heterocycles. The molecule has 0 radical (unpaired) electrons. The van der Waals surface area contributed by atoms with Crippen LogP contribution in [0.15, 0.2) is 36.4 Å². The zero-order valence-electron chi connectivity index (χ0n) is 11.9. The second-order valence-electron chi connectivity index (χ2n) is 5.77. The van der Waals surface area contributed by atoms with Crippen LogP contribution in [0.4, 0.5) is 0 Å². The van der Waals surface area contributed by atoms with E-state index in [2.05, 4.69) is 24.0 Å². The number of nitrogens with zero attached hydrogens (tertiary/aromatic N) is 1. The van der Waals surface area contributed by atoms with Crippen molar-refractivity contribution in [3.63, 3.8) is 0 Å². The highest BCUT2D eigenvalue weighted by molar-refractivity contribution is 5.89. The third kappa shape index (κ3) is 2.39. The summed E-state index contributed by atoms with van der Waals surface area (Å²) in [5.74, 6) is 0.422. The van der Waals surface area contributed by atoms with Gasteiger partial charge in [0.15, 0.2) is 0 Å². The van der Waals surface area contributed by atoms with Crippen LogP contribution in [-0.4, -0.2) is 29.1 Å². The van der Waals surface area contributed by atoms with Gasteiger partial charge < -0.3 is 10.8 Å². The van der Waals surface area contributed by atoms with Gasteiger partial charge in [-0.25, -0.2) is 0 Å². The molecule has 0 amide bonds. The van der Waals surface area contributed by atoms with E-state index in [9.17, 15) is 5.11 Å². The summed E-state index contributed by atoms with van der Waals surface area (Å²) >= 11 is 0. The Morgan fingerprint density at radius 1 is 1.15 bits per heavy atom. The Labute approximate surface area is 120 Å². The summed E-state index contributed by atoms with van der Waals surface area (Å²) in [6, 6.07) is 12.7. The first-order valence-corrected chi connectivity index (χ1v) is 7.37. The van der Waals surface area contributed by atoms with Gasteiger partial charge in [-0.1, -0.05) is 36.4 Å². The summed E-state index contributed by atoms with van der Waals surface area (Å²) in [6.07, 6.45) is 2.08. The highest BCUT2D eigenvalue weighted by Gasteiger charge is 2.23. The van der Waals surface area contributed by atoms with Gasteiger partial charge in [0.25, 0.3) is 0 Å². The number of hydrogen-bond donors (Lipinski definition) is 2. The molecule has 2 aromatic rings. The van der Waals surface area contributed by atoms with Crippen molar-refractivity contribution < 1.29 is 5.11 Å². The van der Waals surface area contributed by atoms with Gasteiger partial charge in [-0.15, -0.1) is 0 Å². The van der Waals surface area contributed by atoms with Crippen LogP contribution in [-0.2, 0) is 0 Å². The Kier molecular flexibility index (Phi) is 3.64. The number of fused-ring (bicyclic) bond motifs is 1. The monoisotopic (exact) mass is 270 g/mol. The quantitative estimate of drug-likeness (QED) is 0.882. The minimum atomic E-state index is 0.229. The smallest absolute Gasteiger partial charge is 0.128 e. The van der Waals surface area contributed by atoms with E-state index in [1.165, 1.54) is 0 Å². The van der Waals surface area contributed by atoms with Crippen molar-refractivity contribution in [2.75, 3.05) is 13.1 Å². The maximum Gasteiger partial charge on any atom is 0.128 e. The molecular formula is C17H22N2O. The zero-order chi connectivity index (χ0) is 14.1. The lowest BCUT2D eigenvalue weighted by Crippen LogP contribution is -2.40. The first kappa shape index (κ1) is 13.4. The second-order valence-corrected chi connectivity index (χ2v) is 5.77. The van der Waals surface area contributed by atoms with Gasteiger partial charge in [-0.3, -0.25) is 4.90 Å². The van der Waals surface area contributed by atoms with Crippen molar-refractivity contribution in [2.45, 2.75) is 31.8 Å². The highest BCUT2D eigenvalue weighted by Crippen LogP contribution is 2.35. The van der Waals surface area contributed by atoms with E-state index in [1.54, 1.807) is 0 Å². The van der Waals surface area contributed by atoms with Crippen LogP contribution in [0.25, 0.3) is 10.8 Å². The van der Waals surface area contributed by atoms with E-state index < -0.39 is 0 Å². The largest absolute Gasteiger partial charge is 0.507 e. The van der Waals surface area contributed by atoms with Gasteiger partial charge in [0, 0.05) is 36.1 Å². The highest BCUT2D eigenvalue weighted by atomic mass is 16.3. The maximum absolute atomic E-state index is 10.6. The van der Waals surface area contributed by atoms with Crippen molar-refractivity contribution in [3.8, 4) is 5.75 Å². The SMILES string of the molecule is CC(c1ccc2ccccc2c1O)N1CCC(N)CC1. The molecule has 0 aliphatic carbocycles. The number of nitrogens with two attached hydrogens (primary N) is 1. The molecule has 1 saturated heterocycles. The van der Waals surface area contributed by atoms with Crippen LogP contribution < -0.4 is 5.73 Å². The molecule has 3 nitrogen and oxygen atoms in total. The van der Waals surface area contributed by atoms with Crippen LogP contribution in [0, 0.1) is 0 Å². The molecule has 1 unspecified atom stereocenters. The predicted octanol–water partition coefficient (Wildman–Crippen LogP) is 3.03. The Balaban J connectivity index is 1.91. The molecule has 1 fully saturated rings. The van der Waals surface area contributed by atoms with Crippen molar-refractivity contribution in [1.82, 2.24) is 4.90 Å². The van der Waals surface area contributed by atoms with Crippen LogP contribution in [0.2, 0.25) is 0 Å². The Morgan fingerprint density at radius 3 is 2.60 bits per heavy atom. The summed E-state index contributed by atoms with van der Waals surface area (Å²) in [5.41, 5.74) is 6.98. The van der Waals surface area contributed by atoms with Crippen LogP contribution in [0.1, 0.15) is 31.4 Å². The van der Waals surface area contributed by atoms with E-state index in [4.69, 9.17) is 5.73 Å². The molecule has 1 heterocycles. The molecule has 20 heavy (non-hydrogen) atoms. The van der Waals surface area contributed by atoms with Crippen LogP contribution >= 0.6 is 0 Å². The number of likely N-dealkylation sites (tertiary alicyclic amines) is 1. The molecule has 106 valence electrons. The standard InChI is InChI=1S/C17H22N2O/c1-12(19-10-8-14(18)9-11-19)15-7-6-13-4-2-3-5-16(13)17(15)20/h2-7,12,14,20H,8-11,18H2,1H3.